The molecule has 4 rings (SSSR count). The van der Waals surface area contributed by atoms with Crippen LogP contribution in [0, 0.1) is 6.92 Å². The number of likely N-dealkylation sites (N-methyl/N-ethyl adjacent to an activating group) is 1. The predicted molar refractivity (Wildman–Crippen MR) is 108 cm³/mol. The van der Waals surface area contributed by atoms with E-state index < -0.39 is 27.6 Å². The molecule has 0 aliphatic carbocycles. The summed E-state index contributed by atoms with van der Waals surface area (Å²) in [5.74, 6) is -1.08. The molecule has 0 radical (unpaired) electrons. The van der Waals surface area contributed by atoms with E-state index >= 15 is 0 Å². The van der Waals surface area contributed by atoms with E-state index in [1.807, 2.05) is 25.1 Å². The second-order valence-corrected chi connectivity index (χ2v) is 8.88. The zero-order chi connectivity index (χ0) is 20.8. The van der Waals surface area contributed by atoms with E-state index in [2.05, 4.69) is 4.98 Å². The highest BCUT2D eigenvalue weighted by Crippen LogP contribution is 2.31. The minimum absolute atomic E-state index is 0.0443. The van der Waals surface area contributed by atoms with Crippen LogP contribution in [0.1, 0.15) is 26.4 Å². The molecule has 1 unspecified atom stereocenters. The molecule has 0 N–H and O–H groups in total. The lowest BCUT2D eigenvalue weighted by molar-refractivity contribution is 0.0784. The van der Waals surface area contributed by atoms with Crippen molar-refractivity contribution < 1.29 is 18.0 Å². The van der Waals surface area contributed by atoms with Crippen LogP contribution in [0.15, 0.2) is 71.8 Å². The van der Waals surface area contributed by atoms with Gasteiger partial charge in [-0.05, 0) is 36.8 Å². The van der Waals surface area contributed by atoms with Crippen molar-refractivity contribution in [3.8, 4) is 11.1 Å². The molecule has 2 heterocycles. The first-order valence-electron chi connectivity index (χ1n) is 8.99. The number of aromatic nitrogens is 1. The third-order valence-electron chi connectivity index (χ3n) is 5.06. The van der Waals surface area contributed by atoms with E-state index in [1.54, 1.807) is 36.5 Å². The SMILES string of the molecule is Cc1ccc(-c2cccc(C(=O)C3C(=O)c4ccccc4S(=O)(=O)N3C)c2)cn1. The molecule has 1 aromatic heterocycles. The highest BCUT2D eigenvalue weighted by molar-refractivity contribution is 7.89. The first-order chi connectivity index (χ1) is 13.8. The van der Waals surface area contributed by atoms with Crippen LogP contribution in [0.5, 0.6) is 0 Å². The van der Waals surface area contributed by atoms with E-state index in [0.717, 1.165) is 21.1 Å². The van der Waals surface area contributed by atoms with Gasteiger partial charge in [-0.15, -0.1) is 0 Å². The molecule has 0 saturated carbocycles. The van der Waals surface area contributed by atoms with Gasteiger partial charge in [-0.2, -0.15) is 4.31 Å². The molecule has 0 spiro atoms. The minimum atomic E-state index is -3.94. The van der Waals surface area contributed by atoms with E-state index in [-0.39, 0.29) is 16.0 Å². The van der Waals surface area contributed by atoms with Crippen LogP contribution in [0.3, 0.4) is 0 Å². The van der Waals surface area contributed by atoms with E-state index in [0.29, 0.717) is 0 Å². The molecule has 146 valence electrons. The van der Waals surface area contributed by atoms with Crippen LogP contribution in [-0.4, -0.2) is 42.4 Å². The molecule has 1 aliphatic rings. The minimum Gasteiger partial charge on any atom is -0.292 e. The molecule has 0 saturated heterocycles. The van der Waals surface area contributed by atoms with Crippen LogP contribution < -0.4 is 0 Å². The quantitative estimate of drug-likeness (QED) is 0.493. The molecule has 1 aliphatic heterocycles. The van der Waals surface area contributed by atoms with Crippen molar-refractivity contribution in [2.24, 2.45) is 0 Å². The number of hydrogen-bond donors (Lipinski definition) is 0. The number of fused-ring (bicyclic) bond motifs is 1. The molecule has 0 bridgehead atoms. The Labute approximate surface area is 168 Å². The van der Waals surface area contributed by atoms with Gasteiger partial charge >= 0.3 is 0 Å². The standard InChI is InChI=1S/C22H18N2O4S/c1-14-10-11-17(13-23-14)15-6-5-7-16(12-15)21(25)20-22(26)18-8-3-4-9-19(18)29(27,28)24(20)2/h3-13,20H,1-2H3. The van der Waals surface area contributed by atoms with E-state index in [1.165, 1.54) is 19.2 Å². The van der Waals surface area contributed by atoms with E-state index in [9.17, 15) is 18.0 Å². The smallest absolute Gasteiger partial charge is 0.244 e. The van der Waals surface area contributed by atoms with Crippen molar-refractivity contribution in [2.45, 2.75) is 17.9 Å². The third kappa shape index (κ3) is 3.18. The number of carbonyl (C=O) groups excluding carboxylic acids is 2. The second kappa shape index (κ2) is 7.02. The van der Waals surface area contributed by atoms with Crippen molar-refractivity contribution in [1.82, 2.24) is 9.29 Å². The van der Waals surface area contributed by atoms with Gasteiger partial charge in [0.05, 0.1) is 4.90 Å². The highest BCUT2D eigenvalue weighted by Gasteiger charge is 2.45. The molecule has 0 fully saturated rings. The summed E-state index contributed by atoms with van der Waals surface area (Å²) in [4.78, 5) is 30.4. The number of hydrogen-bond acceptors (Lipinski definition) is 5. The molecular formula is C22H18N2O4S. The van der Waals surface area contributed by atoms with Crippen LogP contribution in [-0.2, 0) is 10.0 Å². The fourth-order valence-electron chi connectivity index (χ4n) is 3.43. The number of aryl methyl sites for hydroxylation is 1. The fourth-order valence-corrected chi connectivity index (χ4v) is 4.91. The average molecular weight is 406 g/mol. The molecule has 2 aromatic carbocycles. The predicted octanol–water partition coefficient (Wildman–Crippen LogP) is 3.13. The van der Waals surface area contributed by atoms with Gasteiger partial charge in [0, 0.05) is 35.6 Å². The molecule has 29 heavy (non-hydrogen) atoms. The Morgan fingerprint density at radius 1 is 1.00 bits per heavy atom. The Bertz CT molecular complexity index is 1230. The number of pyridine rings is 1. The van der Waals surface area contributed by atoms with Gasteiger partial charge in [0.1, 0.15) is 0 Å². The molecule has 6 nitrogen and oxygen atoms in total. The van der Waals surface area contributed by atoms with Gasteiger partial charge in [-0.1, -0.05) is 36.4 Å². The maximum Gasteiger partial charge on any atom is 0.244 e. The zero-order valence-corrected chi connectivity index (χ0v) is 16.7. The molecule has 1 atom stereocenters. The fraction of sp³-hybridized carbons (Fsp3) is 0.136. The summed E-state index contributed by atoms with van der Waals surface area (Å²) < 4.78 is 26.5. The molecule has 7 heteroatoms. The van der Waals surface area contributed by atoms with Gasteiger partial charge in [-0.25, -0.2) is 8.42 Å². The Kier molecular flexibility index (Phi) is 4.64. The summed E-state index contributed by atoms with van der Waals surface area (Å²) in [6, 6.07) is 15.1. The number of sulfonamides is 1. The maximum atomic E-state index is 13.2. The average Bonchev–Trinajstić information content (AvgIpc) is 2.73. The summed E-state index contributed by atoms with van der Waals surface area (Å²) in [6.07, 6.45) is 1.71. The number of benzene rings is 2. The Hall–Kier alpha value is -3.16. The number of ketones is 2. The summed E-state index contributed by atoms with van der Waals surface area (Å²) in [7, 11) is -2.68. The summed E-state index contributed by atoms with van der Waals surface area (Å²) in [6.45, 7) is 1.88. The maximum absolute atomic E-state index is 13.2. The highest BCUT2D eigenvalue weighted by atomic mass is 32.2. The van der Waals surface area contributed by atoms with Crippen molar-refractivity contribution >= 4 is 21.6 Å². The summed E-state index contributed by atoms with van der Waals surface area (Å²) >= 11 is 0. The molecular weight excluding hydrogens is 388 g/mol. The molecule has 3 aromatic rings. The lowest BCUT2D eigenvalue weighted by Crippen LogP contribution is -2.51. The van der Waals surface area contributed by atoms with Crippen LogP contribution in [0.4, 0.5) is 0 Å². The van der Waals surface area contributed by atoms with Crippen LogP contribution >= 0.6 is 0 Å². The van der Waals surface area contributed by atoms with Crippen molar-refractivity contribution in [3.63, 3.8) is 0 Å². The first kappa shape index (κ1) is 19.2. The van der Waals surface area contributed by atoms with Gasteiger partial charge < -0.3 is 0 Å². The lowest BCUT2D eigenvalue weighted by Gasteiger charge is -2.31. The number of Topliss-reactive ketones (excluding diaryl/α,β-unsaturated/α-hetero) is 2. The largest absolute Gasteiger partial charge is 0.292 e. The normalized spacial score (nSPS) is 18.3. The third-order valence-corrected chi connectivity index (χ3v) is 6.94. The van der Waals surface area contributed by atoms with Crippen LogP contribution in [0.25, 0.3) is 11.1 Å². The van der Waals surface area contributed by atoms with Gasteiger partial charge in [0.25, 0.3) is 0 Å². The summed E-state index contributed by atoms with van der Waals surface area (Å²) in [5, 5.41) is 0. The number of carbonyl (C=O) groups is 2. The van der Waals surface area contributed by atoms with E-state index in [4.69, 9.17) is 0 Å². The zero-order valence-electron chi connectivity index (χ0n) is 15.9. The monoisotopic (exact) mass is 406 g/mol. The van der Waals surface area contributed by atoms with Crippen LogP contribution in [0.2, 0.25) is 0 Å². The lowest BCUT2D eigenvalue weighted by atomic mass is 9.94. The van der Waals surface area contributed by atoms with Crippen molar-refractivity contribution in [3.05, 3.63) is 83.7 Å². The Morgan fingerprint density at radius 3 is 2.48 bits per heavy atom. The summed E-state index contributed by atoms with van der Waals surface area (Å²) in [5.41, 5.74) is 2.77. The number of nitrogens with zero attached hydrogens (tertiary/aromatic N) is 2. The van der Waals surface area contributed by atoms with Gasteiger partial charge in [0.15, 0.2) is 17.6 Å². The van der Waals surface area contributed by atoms with Gasteiger partial charge in [-0.3, -0.25) is 14.6 Å². The topological polar surface area (TPSA) is 84.4 Å². The second-order valence-electron chi connectivity index (χ2n) is 6.92. The van der Waals surface area contributed by atoms with Crippen molar-refractivity contribution in [1.29, 1.82) is 0 Å². The Balaban J connectivity index is 1.76. The van der Waals surface area contributed by atoms with Crippen molar-refractivity contribution in [2.75, 3.05) is 7.05 Å². The first-order valence-corrected chi connectivity index (χ1v) is 10.4. The molecule has 0 amide bonds. The number of rotatable bonds is 3. The van der Waals surface area contributed by atoms with Gasteiger partial charge in [0.2, 0.25) is 10.0 Å². The Morgan fingerprint density at radius 2 is 1.76 bits per heavy atom.